The summed E-state index contributed by atoms with van der Waals surface area (Å²) in [5.74, 6) is -0.142. The van der Waals surface area contributed by atoms with Gasteiger partial charge in [-0.1, -0.05) is 95.2 Å². The van der Waals surface area contributed by atoms with E-state index >= 15 is 0 Å². The van der Waals surface area contributed by atoms with E-state index < -0.39 is 36.8 Å². The number of azide groups is 1. The molecule has 0 unspecified atom stereocenters. The van der Waals surface area contributed by atoms with Crippen molar-refractivity contribution in [1.29, 1.82) is 0 Å². The maximum Gasteiger partial charge on any atom is 0.481 e. The zero-order chi connectivity index (χ0) is 36.1. The van der Waals surface area contributed by atoms with E-state index in [1.165, 1.54) is 11.3 Å². The summed E-state index contributed by atoms with van der Waals surface area (Å²) < 4.78 is 13.4. The summed E-state index contributed by atoms with van der Waals surface area (Å²) in [4.78, 5) is 47.2. The molecule has 51 heavy (non-hydrogen) atoms. The van der Waals surface area contributed by atoms with Gasteiger partial charge in [0.25, 0.3) is 5.91 Å². The lowest BCUT2D eigenvalue weighted by Gasteiger charge is -2.64. The topological polar surface area (TPSA) is 146 Å². The van der Waals surface area contributed by atoms with Gasteiger partial charge in [-0.3, -0.25) is 14.4 Å². The minimum Gasteiger partial charge on any atom is -0.404 e. The molecule has 12 heteroatoms. The van der Waals surface area contributed by atoms with E-state index in [0.717, 1.165) is 49.3 Å². The van der Waals surface area contributed by atoms with Crippen LogP contribution < -0.4 is 10.6 Å². The molecule has 4 saturated carbocycles. The first kappa shape index (κ1) is 35.8. The van der Waals surface area contributed by atoms with Gasteiger partial charge in [0.05, 0.1) is 23.7 Å². The molecule has 4 aliphatic carbocycles. The molecule has 0 spiro atoms. The third-order valence-corrected chi connectivity index (χ3v) is 13.3. The first-order chi connectivity index (χ1) is 24.4. The van der Waals surface area contributed by atoms with Gasteiger partial charge < -0.3 is 24.8 Å². The Balaban J connectivity index is 1.11. The molecule has 8 rings (SSSR count). The van der Waals surface area contributed by atoms with Gasteiger partial charge in [-0.15, -0.1) is 0 Å². The van der Waals surface area contributed by atoms with Gasteiger partial charge >= 0.3 is 7.12 Å². The Morgan fingerprint density at radius 2 is 1.76 bits per heavy atom. The third kappa shape index (κ3) is 6.75. The van der Waals surface area contributed by atoms with E-state index in [1.54, 1.807) is 6.07 Å². The molecule has 0 aromatic heterocycles. The number of amides is 3. The van der Waals surface area contributed by atoms with Gasteiger partial charge in [0.2, 0.25) is 11.8 Å². The van der Waals surface area contributed by atoms with E-state index in [-0.39, 0.29) is 54.0 Å². The van der Waals surface area contributed by atoms with Gasteiger partial charge in [0.1, 0.15) is 12.1 Å². The Hall–Kier alpha value is -3.60. The number of hydrogen-bond donors (Lipinski definition) is 2. The molecule has 2 aromatic carbocycles. The van der Waals surface area contributed by atoms with Gasteiger partial charge in [-0.05, 0) is 90.1 Å². The fourth-order valence-corrected chi connectivity index (χ4v) is 10.1. The molecule has 11 nitrogen and oxygen atoms in total. The fourth-order valence-electron chi connectivity index (χ4n) is 10.1. The highest BCUT2D eigenvalue weighted by Crippen LogP contribution is 2.65. The van der Waals surface area contributed by atoms with Crippen LogP contribution in [0.15, 0.2) is 47.6 Å². The highest BCUT2D eigenvalue weighted by Gasteiger charge is 2.68. The van der Waals surface area contributed by atoms with Crippen LogP contribution in [-0.2, 0) is 18.9 Å². The summed E-state index contributed by atoms with van der Waals surface area (Å²) in [5, 5.41) is 12.2. The normalized spacial score (nSPS) is 31.0. The van der Waals surface area contributed by atoms with Crippen LogP contribution in [0.1, 0.15) is 103 Å². The van der Waals surface area contributed by atoms with Crippen LogP contribution in [0.4, 0.5) is 0 Å². The summed E-state index contributed by atoms with van der Waals surface area (Å²) in [6.45, 7) is 11.0. The number of hydrogen-bond acceptors (Lipinski definition) is 6. The highest BCUT2D eigenvalue weighted by atomic mass is 16.7. The average molecular weight is 697 g/mol. The van der Waals surface area contributed by atoms with Crippen LogP contribution in [0.2, 0.25) is 0 Å². The van der Waals surface area contributed by atoms with E-state index in [9.17, 15) is 19.9 Å². The largest absolute Gasteiger partial charge is 0.481 e. The number of nitrogens with zero attached hydrogens (tertiary/aromatic N) is 4. The predicted octanol–water partition coefficient (Wildman–Crippen LogP) is 6.60. The van der Waals surface area contributed by atoms with E-state index in [2.05, 4.69) is 41.4 Å². The van der Waals surface area contributed by atoms with E-state index in [0.29, 0.717) is 23.8 Å². The second kappa shape index (κ2) is 14.1. The van der Waals surface area contributed by atoms with Crippen molar-refractivity contribution in [3.05, 3.63) is 58.5 Å². The number of carbonyl (C=O) groups is 3. The van der Waals surface area contributed by atoms with Crippen LogP contribution in [-0.4, -0.2) is 72.1 Å². The summed E-state index contributed by atoms with van der Waals surface area (Å²) in [7, 11) is -0.613. The Morgan fingerprint density at radius 3 is 2.47 bits per heavy atom. The number of carbonyl (C=O) groups excluding carboxylic acids is 3. The first-order valence-corrected chi connectivity index (χ1v) is 19.2. The van der Waals surface area contributed by atoms with Crippen molar-refractivity contribution < 1.29 is 23.7 Å². The van der Waals surface area contributed by atoms with Crippen LogP contribution >= 0.6 is 0 Å². The second-order valence-electron chi connectivity index (χ2n) is 17.0. The zero-order valence-electron chi connectivity index (χ0n) is 30.7. The molecular weight excluding hydrogens is 643 g/mol. The highest BCUT2D eigenvalue weighted by molar-refractivity contribution is 6.48. The minimum atomic E-state index is -0.869. The monoisotopic (exact) mass is 696 g/mol. The Labute approximate surface area is 301 Å². The molecule has 2 N–H and O–H groups in total. The average Bonchev–Trinajstić information content (AvgIpc) is 3.70. The quantitative estimate of drug-likeness (QED) is 0.125. The van der Waals surface area contributed by atoms with Crippen molar-refractivity contribution >= 4 is 35.6 Å². The maximum atomic E-state index is 14.6. The molecule has 0 radical (unpaired) electrons. The number of likely N-dealkylation sites (tertiary alicyclic amines) is 1. The Bertz CT molecular complexity index is 1710. The molecule has 3 amide bonds. The molecular formula is C39H53BN6O5. The van der Waals surface area contributed by atoms with E-state index in [4.69, 9.17) is 9.31 Å². The summed E-state index contributed by atoms with van der Waals surface area (Å²) in [5.41, 5.74) is 9.59. The minimum absolute atomic E-state index is 0.00974. The zero-order valence-corrected chi connectivity index (χ0v) is 30.7. The SMILES string of the molecule is CC(C)[C@H](NC(=O)[C@@H]1C[C@@H](N=[N+]=[N-])CN1C(=O)[C@@H](CC1CCCCC1)NC(=O)c1ccc2ccccc2c1)B1O[C@@H]2C[C@@H]3C[C@@H](C3(C)C)[C@]2(C)O1. The van der Waals surface area contributed by atoms with Gasteiger partial charge in [-0.25, -0.2) is 0 Å². The van der Waals surface area contributed by atoms with Gasteiger partial charge in [0, 0.05) is 17.0 Å². The molecule has 6 fully saturated rings. The van der Waals surface area contributed by atoms with Crippen molar-refractivity contribution in [3.63, 3.8) is 0 Å². The lowest BCUT2D eigenvalue weighted by atomic mass is 9.43. The first-order valence-electron chi connectivity index (χ1n) is 19.2. The fraction of sp³-hybridized carbons (Fsp3) is 0.667. The maximum absolute atomic E-state index is 14.6. The van der Waals surface area contributed by atoms with Crippen molar-refractivity contribution in [2.75, 3.05) is 6.54 Å². The summed E-state index contributed by atoms with van der Waals surface area (Å²) >= 11 is 0. The number of rotatable bonds is 10. The molecule has 2 aromatic rings. The van der Waals surface area contributed by atoms with Crippen LogP contribution in [0.5, 0.6) is 0 Å². The standard InChI is InChI=1S/C39H53BN6O5/c1-23(2)34(40-50-33-20-28-19-32(38(28,3)4)39(33,5)51-40)43-36(48)31-21-29(44-45-41)22-46(31)37(49)30(17-24-11-7-6-8-12-24)42-35(47)27-16-15-25-13-9-10-14-26(25)18-27/h9-10,13-16,18,23-24,28-34H,6-8,11-12,17,19-22H2,1-5H3,(H,42,47)(H,43,48)/t28-,29+,30+,31-,32-,33+,34-,39-/m0/s1. The molecule has 2 aliphatic heterocycles. The number of fused-ring (bicyclic) bond motifs is 1. The van der Waals surface area contributed by atoms with Gasteiger partial charge in [0.15, 0.2) is 0 Å². The van der Waals surface area contributed by atoms with E-state index in [1.807, 2.05) is 50.2 Å². The molecule has 8 atom stereocenters. The van der Waals surface area contributed by atoms with Crippen molar-refractivity contribution in [1.82, 2.24) is 15.5 Å². The second-order valence-corrected chi connectivity index (χ2v) is 17.0. The predicted molar refractivity (Wildman–Crippen MR) is 196 cm³/mol. The molecule has 2 saturated heterocycles. The van der Waals surface area contributed by atoms with Crippen LogP contribution in [0.3, 0.4) is 0 Å². The summed E-state index contributed by atoms with van der Waals surface area (Å²) in [6, 6.07) is 11.1. The molecule has 2 heterocycles. The smallest absolute Gasteiger partial charge is 0.404 e. The number of benzene rings is 2. The molecule has 2 bridgehead atoms. The summed E-state index contributed by atoms with van der Waals surface area (Å²) in [6.07, 6.45) is 8.10. The van der Waals surface area contributed by atoms with Crippen LogP contribution in [0.25, 0.3) is 21.2 Å². The van der Waals surface area contributed by atoms with Crippen molar-refractivity contribution in [3.8, 4) is 0 Å². The van der Waals surface area contributed by atoms with Crippen molar-refractivity contribution in [2.24, 2.45) is 34.2 Å². The molecule has 272 valence electrons. The van der Waals surface area contributed by atoms with Crippen LogP contribution in [0, 0.1) is 29.1 Å². The lowest BCUT2D eigenvalue weighted by Crippen LogP contribution is -2.65. The van der Waals surface area contributed by atoms with Gasteiger partial charge in [-0.2, -0.15) is 0 Å². The molecule has 6 aliphatic rings. The van der Waals surface area contributed by atoms with Crippen molar-refractivity contribution in [2.45, 2.75) is 128 Å². The Morgan fingerprint density at radius 1 is 1.02 bits per heavy atom. The number of nitrogens with one attached hydrogen (secondary N) is 2. The Kier molecular flexibility index (Phi) is 9.89. The lowest BCUT2D eigenvalue weighted by molar-refractivity contribution is -0.199. The third-order valence-electron chi connectivity index (χ3n) is 13.3.